The lowest BCUT2D eigenvalue weighted by molar-refractivity contribution is 0.710. The number of benzene rings is 3. The quantitative estimate of drug-likeness (QED) is 0.508. The molecule has 1 aliphatic carbocycles. The Morgan fingerprint density at radius 1 is 0.720 bits per heavy atom. The minimum absolute atomic E-state index is 0.477. The SMILES string of the molecule is c1ccc2cc(-c3ccc4c(c3)CC(c3ccncn3)C4)ccc2c1. The third-order valence-corrected chi connectivity index (χ3v) is 5.24. The van der Waals surface area contributed by atoms with Crippen LogP contribution < -0.4 is 0 Å². The maximum absolute atomic E-state index is 4.45. The zero-order valence-electron chi connectivity index (χ0n) is 13.9. The van der Waals surface area contributed by atoms with Crippen LogP contribution in [0.15, 0.2) is 79.3 Å². The summed E-state index contributed by atoms with van der Waals surface area (Å²) in [7, 11) is 0. The molecule has 0 aliphatic heterocycles. The predicted octanol–water partition coefficient (Wildman–Crippen LogP) is 5.18. The molecular formula is C23H18N2. The number of hydrogen-bond donors (Lipinski definition) is 0. The Morgan fingerprint density at radius 2 is 1.52 bits per heavy atom. The predicted molar refractivity (Wildman–Crippen MR) is 102 cm³/mol. The molecule has 0 saturated heterocycles. The van der Waals surface area contributed by atoms with Crippen molar-refractivity contribution in [2.24, 2.45) is 0 Å². The van der Waals surface area contributed by atoms with Crippen LogP contribution in [0.2, 0.25) is 0 Å². The highest BCUT2D eigenvalue weighted by Crippen LogP contribution is 2.35. The molecule has 0 spiro atoms. The van der Waals surface area contributed by atoms with E-state index in [1.165, 1.54) is 33.0 Å². The van der Waals surface area contributed by atoms with E-state index in [1.54, 1.807) is 6.33 Å². The van der Waals surface area contributed by atoms with E-state index in [2.05, 4.69) is 70.6 Å². The summed E-state index contributed by atoms with van der Waals surface area (Å²) in [5.74, 6) is 0.477. The summed E-state index contributed by atoms with van der Waals surface area (Å²) < 4.78 is 0. The summed E-state index contributed by atoms with van der Waals surface area (Å²) in [6, 6.07) is 24.2. The van der Waals surface area contributed by atoms with Crippen molar-refractivity contribution in [2.45, 2.75) is 18.8 Å². The van der Waals surface area contributed by atoms with Crippen molar-refractivity contribution in [3.63, 3.8) is 0 Å². The smallest absolute Gasteiger partial charge is 0.115 e. The molecule has 3 aromatic carbocycles. The molecule has 2 nitrogen and oxygen atoms in total. The first kappa shape index (κ1) is 14.4. The highest BCUT2D eigenvalue weighted by atomic mass is 14.8. The lowest BCUT2D eigenvalue weighted by Crippen LogP contribution is -2.00. The number of fused-ring (bicyclic) bond motifs is 2. The van der Waals surface area contributed by atoms with Crippen LogP contribution in [0.3, 0.4) is 0 Å². The van der Waals surface area contributed by atoms with Gasteiger partial charge in [0.05, 0.1) is 0 Å². The summed E-state index contributed by atoms with van der Waals surface area (Å²) in [6.07, 6.45) is 5.63. The number of nitrogens with zero attached hydrogens (tertiary/aromatic N) is 2. The fraction of sp³-hybridized carbons (Fsp3) is 0.130. The lowest BCUT2D eigenvalue weighted by atomic mass is 9.98. The summed E-state index contributed by atoms with van der Waals surface area (Å²) in [5.41, 5.74) is 6.64. The van der Waals surface area contributed by atoms with Gasteiger partial charge in [-0.15, -0.1) is 0 Å². The van der Waals surface area contributed by atoms with Gasteiger partial charge >= 0.3 is 0 Å². The van der Waals surface area contributed by atoms with Crippen LogP contribution in [0.4, 0.5) is 0 Å². The third kappa shape index (κ3) is 2.60. The van der Waals surface area contributed by atoms with Crippen LogP contribution in [0.1, 0.15) is 22.7 Å². The first-order valence-corrected chi connectivity index (χ1v) is 8.74. The first-order chi connectivity index (χ1) is 12.4. The van der Waals surface area contributed by atoms with Gasteiger partial charge in [-0.1, -0.05) is 54.6 Å². The van der Waals surface area contributed by atoms with Gasteiger partial charge < -0.3 is 0 Å². The molecule has 0 N–H and O–H groups in total. The van der Waals surface area contributed by atoms with E-state index in [4.69, 9.17) is 0 Å². The number of hydrogen-bond acceptors (Lipinski definition) is 2. The van der Waals surface area contributed by atoms with Crippen molar-refractivity contribution >= 4 is 10.8 Å². The Morgan fingerprint density at radius 3 is 2.40 bits per heavy atom. The molecular weight excluding hydrogens is 304 g/mol. The topological polar surface area (TPSA) is 25.8 Å². The summed E-state index contributed by atoms with van der Waals surface area (Å²) in [4.78, 5) is 8.48. The van der Waals surface area contributed by atoms with Gasteiger partial charge in [0.1, 0.15) is 6.33 Å². The highest BCUT2D eigenvalue weighted by molar-refractivity contribution is 5.87. The maximum atomic E-state index is 4.45. The molecule has 0 amide bonds. The second kappa shape index (κ2) is 5.82. The van der Waals surface area contributed by atoms with Crippen LogP contribution in [0.25, 0.3) is 21.9 Å². The second-order valence-electron chi connectivity index (χ2n) is 6.78. The van der Waals surface area contributed by atoms with Crippen molar-refractivity contribution < 1.29 is 0 Å². The normalized spacial score (nSPS) is 16.1. The van der Waals surface area contributed by atoms with Crippen molar-refractivity contribution in [2.75, 3.05) is 0 Å². The van der Waals surface area contributed by atoms with E-state index in [-0.39, 0.29) is 0 Å². The van der Waals surface area contributed by atoms with E-state index in [1.807, 2.05) is 12.3 Å². The Hall–Kier alpha value is -3.00. The van der Waals surface area contributed by atoms with E-state index < -0.39 is 0 Å². The minimum atomic E-state index is 0.477. The van der Waals surface area contributed by atoms with Gasteiger partial charge in [0.25, 0.3) is 0 Å². The molecule has 1 aliphatic rings. The Bertz CT molecular complexity index is 1050. The molecule has 25 heavy (non-hydrogen) atoms. The molecule has 1 heterocycles. The van der Waals surface area contributed by atoms with E-state index >= 15 is 0 Å². The molecule has 1 atom stereocenters. The van der Waals surface area contributed by atoms with Gasteiger partial charge in [-0.25, -0.2) is 9.97 Å². The minimum Gasteiger partial charge on any atom is -0.245 e. The Kier molecular flexibility index (Phi) is 3.34. The van der Waals surface area contributed by atoms with Crippen molar-refractivity contribution in [3.05, 3.63) is 96.1 Å². The lowest BCUT2D eigenvalue weighted by Gasteiger charge is -2.07. The van der Waals surface area contributed by atoms with E-state index in [9.17, 15) is 0 Å². The largest absolute Gasteiger partial charge is 0.245 e. The molecule has 1 aromatic heterocycles. The van der Waals surface area contributed by atoms with Gasteiger partial charge in [-0.3, -0.25) is 0 Å². The Balaban J connectivity index is 1.49. The van der Waals surface area contributed by atoms with E-state index in [0.29, 0.717) is 5.92 Å². The van der Waals surface area contributed by atoms with Gasteiger partial charge in [0, 0.05) is 17.8 Å². The maximum Gasteiger partial charge on any atom is 0.115 e. The van der Waals surface area contributed by atoms with Gasteiger partial charge in [-0.05, 0) is 58.0 Å². The molecule has 1 unspecified atom stereocenters. The average molecular weight is 322 g/mol. The first-order valence-electron chi connectivity index (χ1n) is 8.74. The molecule has 0 fully saturated rings. The Labute approximate surface area is 147 Å². The zero-order valence-corrected chi connectivity index (χ0v) is 13.9. The summed E-state index contributed by atoms with van der Waals surface area (Å²) >= 11 is 0. The van der Waals surface area contributed by atoms with Crippen LogP contribution >= 0.6 is 0 Å². The van der Waals surface area contributed by atoms with Gasteiger partial charge in [0.2, 0.25) is 0 Å². The molecule has 4 aromatic rings. The molecule has 5 rings (SSSR count). The monoisotopic (exact) mass is 322 g/mol. The molecule has 0 bridgehead atoms. The molecule has 120 valence electrons. The van der Waals surface area contributed by atoms with Crippen LogP contribution in [-0.4, -0.2) is 9.97 Å². The fourth-order valence-electron chi connectivity index (χ4n) is 3.92. The summed E-state index contributed by atoms with van der Waals surface area (Å²) in [6.45, 7) is 0. The van der Waals surface area contributed by atoms with Gasteiger partial charge in [-0.2, -0.15) is 0 Å². The fourth-order valence-corrected chi connectivity index (χ4v) is 3.92. The van der Waals surface area contributed by atoms with Gasteiger partial charge in [0.15, 0.2) is 0 Å². The molecule has 2 heteroatoms. The number of aromatic nitrogens is 2. The van der Waals surface area contributed by atoms with Crippen molar-refractivity contribution in [3.8, 4) is 11.1 Å². The number of rotatable bonds is 2. The standard InChI is InChI=1S/C23H18N2/c1-2-4-17-11-18(6-5-16(17)3-1)19-7-8-20-13-22(14-21(20)12-19)23-9-10-24-15-25-23/h1-12,15,22H,13-14H2. The van der Waals surface area contributed by atoms with Crippen molar-refractivity contribution in [1.29, 1.82) is 0 Å². The molecule has 0 radical (unpaired) electrons. The highest BCUT2D eigenvalue weighted by Gasteiger charge is 2.24. The average Bonchev–Trinajstić information content (AvgIpc) is 3.11. The molecule has 0 saturated carbocycles. The summed E-state index contributed by atoms with van der Waals surface area (Å²) in [5, 5.41) is 2.58. The van der Waals surface area contributed by atoms with Crippen LogP contribution in [0.5, 0.6) is 0 Å². The van der Waals surface area contributed by atoms with Crippen LogP contribution in [0, 0.1) is 0 Å². The zero-order chi connectivity index (χ0) is 16.6. The third-order valence-electron chi connectivity index (χ3n) is 5.24. The second-order valence-corrected chi connectivity index (χ2v) is 6.78. The van der Waals surface area contributed by atoms with Crippen LogP contribution in [-0.2, 0) is 12.8 Å². The van der Waals surface area contributed by atoms with Crippen molar-refractivity contribution in [1.82, 2.24) is 9.97 Å². The van der Waals surface area contributed by atoms with E-state index in [0.717, 1.165) is 18.5 Å².